The summed E-state index contributed by atoms with van der Waals surface area (Å²) in [4.78, 5) is 22.9. The average Bonchev–Trinajstić information content (AvgIpc) is 2.76. The number of hydrogen-bond acceptors (Lipinski definition) is 3. The Labute approximate surface area is 198 Å². The van der Waals surface area contributed by atoms with E-state index in [4.69, 9.17) is 9.84 Å². The summed E-state index contributed by atoms with van der Waals surface area (Å²) in [6, 6.07) is 0. The van der Waals surface area contributed by atoms with E-state index in [0.717, 1.165) is 44.9 Å². The first-order chi connectivity index (χ1) is 15.6. The summed E-state index contributed by atoms with van der Waals surface area (Å²) in [5.41, 5.74) is 0. The SMILES string of the molecule is CCCCC/C=C\CCCCCCCC(=O)OC(CCCCCC)CCCCCC(=O)O. The van der Waals surface area contributed by atoms with Gasteiger partial charge in [0.2, 0.25) is 0 Å². The molecule has 4 heteroatoms. The second-order valence-corrected chi connectivity index (χ2v) is 9.23. The van der Waals surface area contributed by atoms with E-state index in [-0.39, 0.29) is 18.5 Å². The van der Waals surface area contributed by atoms with Crippen LogP contribution in [0.1, 0.15) is 149 Å². The second kappa shape index (κ2) is 24.3. The normalized spacial score (nSPS) is 12.3. The molecular weight excluding hydrogens is 400 g/mol. The van der Waals surface area contributed by atoms with E-state index in [1.807, 2.05) is 0 Å². The van der Waals surface area contributed by atoms with Crippen LogP contribution in [0, 0.1) is 0 Å². The zero-order chi connectivity index (χ0) is 23.7. The molecule has 0 aromatic carbocycles. The Balaban J connectivity index is 3.87. The Hall–Kier alpha value is -1.32. The molecule has 0 radical (unpaired) electrons. The van der Waals surface area contributed by atoms with E-state index >= 15 is 0 Å². The Bertz CT molecular complexity index is 458. The molecule has 0 saturated heterocycles. The lowest BCUT2D eigenvalue weighted by molar-refractivity contribution is -0.150. The fraction of sp³-hybridized carbons (Fsp3) is 0.857. The number of ether oxygens (including phenoxy) is 1. The maximum atomic E-state index is 12.3. The smallest absolute Gasteiger partial charge is 0.306 e. The van der Waals surface area contributed by atoms with E-state index in [2.05, 4.69) is 26.0 Å². The molecule has 0 aromatic heterocycles. The number of carbonyl (C=O) groups excluding carboxylic acids is 1. The summed E-state index contributed by atoms with van der Waals surface area (Å²) in [5, 5.41) is 8.75. The number of esters is 1. The first-order valence-corrected chi connectivity index (χ1v) is 13.7. The molecule has 0 aromatic rings. The topological polar surface area (TPSA) is 63.6 Å². The van der Waals surface area contributed by atoms with Crippen LogP contribution in [0.25, 0.3) is 0 Å². The van der Waals surface area contributed by atoms with Gasteiger partial charge in [0.1, 0.15) is 6.10 Å². The van der Waals surface area contributed by atoms with Crippen LogP contribution in [0.3, 0.4) is 0 Å². The van der Waals surface area contributed by atoms with Gasteiger partial charge in [0.15, 0.2) is 0 Å². The number of unbranched alkanes of at least 4 members (excludes halogenated alkanes) is 13. The molecule has 4 nitrogen and oxygen atoms in total. The predicted molar refractivity (Wildman–Crippen MR) is 135 cm³/mol. The number of rotatable bonds is 24. The van der Waals surface area contributed by atoms with Crippen LogP contribution < -0.4 is 0 Å². The minimum atomic E-state index is -0.730. The lowest BCUT2D eigenvalue weighted by Crippen LogP contribution is -2.18. The molecule has 1 unspecified atom stereocenters. The molecule has 0 spiro atoms. The molecule has 188 valence electrons. The van der Waals surface area contributed by atoms with E-state index < -0.39 is 5.97 Å². The number of aliphatic carboxylic acids is 1. The fourth-order valence-electron chi connectivity index (χ4n) is 3.94. The first-order valence-electron chi connectivity index (χ1n) is 13.7. The minimum absolute atomic E-state index is 0.00768. The highest BCUT2D eigenvalue weighted by molar-refractivity contribution is 5.69. The maximum absolute atomic E-state index is 12.3. The van der Waals surface area contributed by atoms with Gasteiger partial charge in [-0.3, -0.25) is 9.59 Å². The molecule has 1 N–H and O–H groups in total. The van der Waals surface area contributed by atoms with Gasteiger partial charge in [0.25, 0.3) is 0 Å². The van der Waals surface area contributed by atoms with Crippen LogP contribution in [0.4, 0.5) is 0 Å². The van der Waals surface area contributed by atoms with E-state index in [0.29, 0.717) is 12.8 Å². The standard InChI is InChI=1S/C28H52O4/c1-3-5-7-9-10-11-12-13-14-15-16-21-25-28(31)32-26(22-18-8-6-4-2)23-19-17-20-24-27(29)30/h10-11,26H,3-9,12-25H2,1-2H3,(H,29,30)/b11-10-. The number of hydrogen-bond donors (Lipinski definition) is 1. The van der Waals surface area contributed by atoms with Gasteiger partial charge in [-0.05, 0) is 64.2 Å². The molecule has 0 fully saturated rings. The maximum Gasteiger partial charge on any atom is 0.306 e. The Morgan fingerprint density at radius 3 is 1.75 bits per heavy atom. The van der Waals surface area contributed by atoms with Crippen molar-refractivity contribution in [3.63, 3.8) is 0 Å². The third-order valence-electron chi connectivity index (χ3n) is 5.99. The van der Waals surface area contributed by atoms with Gasteiger partial charge < -0.3 is 9.84 Å². The summed E-state index contributed by atoms with van der Waals surface area (Å²) in [7, 11) is 0. The molecule has 0 heterocycles. The summed E-state index contributed by atoms with van der Waals surface area (Å²) < 4.78 is 5.79. The van der Waals surface area contributed by atoms with Crippen LogP contribution in [-0.2, 0) is 14.3 Å². The quantitative estimate of drug-likeness (QED) is 0.0902. The highest BCUT2D eigenvalue weighted by atomic mass is 16.5. The summed E-state index contributed by atoms with van der Waals surface area (Å²) in [5.74, 6) is -0.780. The molecule has 0 amide bonds. The van der Waals surface area contributed by atoms with Gasteiger partial charge >= 0.3 is 11.9 Å². The molecule has 0 aliphatic heterocycles. The minimum Gasteiger partial charge on any atom is -0.481 e. The molecule has 0 aliphatic rings. The number of carboxylic acid groups (broad SMARTS) is 1. The zero-order valence-electron chi connectivity index (χ0n) is 21.3. The highest BCUT2D eigenvalue weighted by Gasteiger charge is 2.14. The van der Waals surface area contributed by atoms with E-state index in [1.54, 1.807) is 0 Å². The Morgan fingerprint density at radius 2 is 1.12 bits per heavy atom. The largest absolute Gasteiger partial charge is 0.481 e. The van der Waals surface area contributed by atoms with Crippen LogP contribution >= 0.6 is 0 Å². The van der Waals surface area contributed by atoms with Crippen molar-refractivity contribution in [3.05, 3.63) is 12.2 Å². The molecule has 0 aliphatic carbocycles. The summed E-state index contributed by atoms with van der Waals surface area (Å²) in [6.45, 7) is 4.44. The van der Waals surface area contributed by atoms with Gasteiger partial charge in [-0.15, -0.1) is 0 Å². The van der Waals surface area contributed by atoms with Gasteiger partial charge in [-0.1, -0.05) is 83.8 Å². The lowest BCUT2D eigenvalue weighted by Gasteiger charge is -2.18. The van der Waals surface area contributed by atoms with E-state index in [9.17, 15) is 9.59 Å². The summed E-state index contributed by atoms with van der Waals surface area (Å²) >= 11 is 0. The lowest BCUT2D eigenvalue weighted by atomic mass is 10.0. The van der Waals surface area contributed by atoms with Crippen LogP contribution in [0.5, 0.6) is 0 Å². The summed E-state index contributed by atoms with van der Waals surface area (Å²) in [6.07, 6.45) is 26.5. The van der Waals surface area contributed by atoms with Crippen molar-refractivity contribution in [1.29, 1.82) is 0 Å². The van der Waals surface area contributed by atoms with Crippen LogP contribution in [0.2, 0.25) is 0 Å². The number of allylic oxidation sites excluding steroid dienone is 2. The monoisotopic (exact) mass is 452 g/mol. The Kier molecular flexibility index (Phi) is 23.3. The van der Waals surface area contributed by atoms with Crippen molar-refractivity contribution in [3.8, 4) is 0 Å². The first kappa shape index (κ1) is 30.7. The molecule has 0 rings (SSSR count). The van der Waals surface area contributed by atoms with Gasteiger partial charge in [-0.25, -0.2) is 0 Å². The molecule has 1 atom stereocenters. The fourth-order valence-corrected chi connectivity index (χ4v) is 3.94. The Morgan fingerprint density at radius 1 is 0.656 bits per heavy atom. The van der Waals surface area contributed by atoms with Crippen molar-refractivity contribution in [2.45, 2.75) is 155 Å². The van der Waals surface area contributed by atoms with Crippen LogP contribution in [0.15, 0.2) is 12.2 Å². The zero-order valence-corrected chi connectivity index (χ0v) is 21.3. The van der Waals surface area contributed by atoms with Crippen molar-refractivity contribution in [2.75, 3.05) is 0 Å². The average molecular weight is 453 g/mol. The van der Waals surface area contributed by atoms with Crippen molar-refractivity contribution < 1.29 is 19.4 Å². The third-order valence-corrected chi connectivity index (χ3v) is 5.99. The van der Waals surface area contributed by atoms with Gasteiger partial charge in [0.05, 0.1) is 0 Å². The highest BCUT2D eigenvalue weighted by Crippen LogP contribution is 2.17. The van der Waals surface area contributed by atoms with Crippen molar-refractivity contribution in [2.24, 2.45) is 0 Å². The van der Waals surface area contributed by atoms with Crippen molar-refractivity contribution in [1.82, 2.24) is 0 Å². The predicted octanol–water partition coefficient (Wildman–Crippen LogP) is 8.77. The molecule has 32 heavy (non-hydrogen) atoms. The molecule has 0 saturated carbocycles. The van der Waals surface area contributed by atoms with Crippen molar-refractivity contribution >= 4 is 11.9 Å². The number of carbonyl (C=O) groups is 2. The molecular formula is C28H52O4. The van der Waals surface area contributed by atoms with Gasteiger partial charge in [-0.2, -0.15) is 0 Å². The third kappa shape index (κ3) is 23.3. The van der Waals surface area contributed by atoms with Crippen LogP contribution in [-0.4, -0.2) is 23.1 Å². The number of carboxylic acids is 1. The van der Waals surface area contributed by atoms with E-state index in [1.165, 1.54) is 70.6 Å². The second-order valence-electron chi connectivity index (χ2n) is 9.23. The molecule has 0 bridgehead atoms. The van der Waals surface area contributed by atoms with Gasteiger partial charge in [0, 0.05) is 12.8 Å².